The average Bonchev–Trinajstić information content (AvgIpc) is 2.90. The molecule has 108 valence electrons. The van der Waals surface area contributed by atoms with E-state index in [4.69, 9.17) is 5.11 Å². The number of urea groups is 1. The molecular formula is C14H17FN2O3. The number of halogens is 1. The molecule has 1 aromatic rings. The van der Waals surface area contributed by atoms with Gasteiger partial charge >= 0.3 is 12.0 Å². The van der Waals surface area contributed by atoms with Crippen molar-refractivity contribution < 1.29 is 19.1 Å². The molecule has 1 aliphatic rings. The fourth-order valence-corrected chi connectivity index (χ4v) is 2.33. The normalized spacial score (nSPS) is 18.1. The number of aliphatic carboxylic acids is 1. The van der Waals surface area contributed by atoms with Gasteiger partial charge in [-0.25, -0.2) is 14.0 Å². The highest BCUT2D eigenvalue weighted by atomic mass is 19.1. The quantitative estimate of drug-likeness (QED) is 0.880. The summed E-state index contributed by atoms with van der Waals surface area (Å²) < 4.78 is 12.7. The molecular weight excluding hydrogens is 263 g/mol. The second-order valence-electron chi connectivity index (χ2n) is 4.80. The summed E-state index contributed by atoms with van der Waals surface area (Å²) in [5.41, 5.74) is 0.919. The number of nitrogens with one attached hydrogen (secondary N) is 1. The van der Waals surface area contributed by atoms with Gasteiger partial charge in [0, 0.05) is 13.1 Å². The van der Waals surface area contributed by atoms with Crippen molar-refractivity contribution in [2.75, 3.05) is 13.1 Å². The van der Waals surface area contributed by atoms with Crippen molar-refractivity contribution in [3.63, 3.8) is 0 Å². The largest absolute Gasteiger partial charge is 0.480 e. The van der Waals surface area contributed by atoms with Crippen LogP contribution < -0.4 is 5.32 Å². The fraction of sp³-hybridized carbons (Fsp3) is 0.429. The summed E-state index contributed by atoms with van der Waals surface area (Å²) in [5.74, 6) is -1.25. The first-order chi connectivity index (χ1) is 9.58. The monoisotopic (exact) mass is 280 g/mol. The Morgan fingerprint density at radius 1 is 1.35 bits per heavy atom. The first kappa shape index (κ1) is 14.3. The predicted molar refractivity (Wildman–Crippen MR) is 70.9 cm³/mol. The maximum absolute atomic E-state index is 12.7. The Bertz CT molecular complexity index is 490. The molecule has 2 amide bonds. The summed E-state index contributed by atoms with van der Waals surface area (Å²) in [6, 6.07) is 5.00. The average molecular weight is 280 g/mol. The van der Waals surface area contributed by atoms with Crippen molar-refractivity contribution in [1.29, 1.82) is 0 Å². The number of carbonyl (C=O) groups is 2. The van der Waals surface area contributed by atoms with Gasteiger partial charge in [0.05, 0.1) is 0 Å². The molecule has 1 heterocycles. The fourth-order valence-electron chi connectivity index (χ4n) is 2.33. The molecule has 5 nitrogen and oxygen atoms in total. The van der Waals surface area contributed by atoms with E-state index in [-0.39, 0.29) is 11.8 Å². The van der Waals surface area contributed by atoms with Gasteiger partial charge < -0.3 is 15.3 Å². The zero-order chi connectivity index (χ0) is 14.5. The number of rotatable bonds is 4. The van der Waals surface area contributed by atoms with E-state index in [1.165, 1.54) is 17.0 Å². The highest BCUT2D eigenvalue weighted by Crippen LogP contribution is 2.17. The lowest BCUT2D eigenvalue weighted by atomic mass is 10.1. The second kappa shape index (κ2) is 6.36. The maximum atomic E-state index is 12.7. The number of carboxylic acid groups (broad SMARTS) is 1. The van der Waals surface area contributed by atoms with Gasteiger partial charge in [-0.15, -0.1) is 0 Å². The minimum atomic E-state index is -0.962. The molecule has 2 N–H and O–H groups in total. The number of carbonyl (C=O) groups excluding carboxylic acids is 1. The molecule has 0 aliphatic carbocycles. The van der Waals surface area contributed by atoms with Crippen LogP contribution in [-0.2, 0) is 11.2 Å². The number of likely N-dealkylation sites (tertiary alicyclic amines) is 1. The highest BCUT2D eigenvalue weighted by molar-refractivity contribution is 5.83. The SMILES string of the molecule is O=C(O)[C@@H]1CCCN1C(=O)NCCc1ccc(F)cc1. The maximum Gasteiger partial charge on any atom is 0.326 e. The molecule has 0 bridgehead atoms. The number of nitrogens with zero attached hydrogens (tertiary/aromatic N) is 1. The van der Waals surface area contributed by atoms with Crippen LogP contribution in [0.25, 0.3) is 0 Å². The molecule has 1 atom stereocenters. The summed E-state index contributed by atoms with van der Waals surface area (Å²) in [7, 11) is 0. The Morgan fingerprint density at radius 3 is 2.70 bits per heavy atom. The molecule has 0 saturated carbocycles. The molecule has 20 heavy (non-hydrogen) atoms. The smallest absolute Gasteiger partial charge is 0.326 e. The third-order valence-electron chi connectivity index (χ3n) is 3.40. The second-order valence-corrected chi connectivity index (χ2v) is 4.80. The van der Waals surface area contributed by atoms with Gasteiger partial charge in [-0.2, -0.15) is 0 Å². The Hall–Kier alpha value is -2.11. The molecule has 0 radical (unpaired) electrons. The molecule has 0 spiro atoms. The van der Waals surface area contributed by atoms with Gasteiger partial charge in [0.15, 0.2) is 0 Å². The van der Waals surface area contributed by atoms with Crippen LogP contribution in [0.4, 0.5) is 9.18 Å². The van der Waals surface area contributed by atoms with E-state index in [9.17, 15) is 14.0 Å². The summed E-state index contributed by atoms with van der Waals surface area (Å²) in [5, 5.41) is 11.7. The Morgan fingerprint density at radius 2 is 2.05 bits per heavy atom. The zero-order valence-corrected chi connectivity index (χ0v) is 11.0. The Kier molecular flexibility index (Phi) is 4.55. The Labute approximate surface area is 116 Å². The van der Waals surface area contributed by atoms with Crippen LogP contribution in [0.3, 0.4) is 0 Å². The minimum absolute atomic E-state index is 0.292. The van der Waals surface area contributed by atoms with Gasteiger partial charge in [-0.1, -0.05) is 12.1 Å². The molecule has 1 aliphatic heterocycles. The van der Waals surface area contributed by atoms with Gasteiger partial charge in [-0.3, -0.25) is 0 Å². The molecule has 0 unspecified atom stereocenters. The molecule has 1 saturated heterocycles. The van der Waals surface area contributed by atoms with Crippen molar-refractivity contribution in [3.05, 3.63) is 35.6 Å². The van der Waals surface area contributed by atoms with Crippen LogP contribution in [0.2, 0.25) is 0 Å². The van der Waals surface area contributed by atoms with Crippen molar-refractivity contribution in [2.24, 2.45) is 0 Å². The molecule has 1 fully saturated rings. The van der Waals surface area contributed by atoms with E-state index in [1.54, 1.807) is 12.1 Å². The van der Waals surface area contributed by atoms with Crippen molar-refractivity contribution in [2.45, 2.75) is 25.3 Å². The number of hydrogen-bond donors (Lipinski definition) is 2. The van der Waals surface area contributed by atoms with E-state index >= 15 is 0 Å². The van der Waals surface area contributed by atoms with Gasteiger partial charge in [0.2, 0.25) is 0 Å². The molecule has 1 aromatic carbocycles. The number of benzene rings is 1. The molecule has 2 rings (SSSR count). The lowest BCUT2D eigenvalue weighted by molar-refractivity contribution is -0.141. The van der Waals surface area contributed by atoms with Crippen LogP contribution in [0.5, 0.6) is 0 Å². The number of hydrogen-bond acceptors (Lipinski definition) is 2. The van der Waals surface area contributed by atoms with Crippen LogP contribution in [0, 0.1) is 5.82 Å². The number of carboxylic acids is 1. The predicted octanol–water partition coefficient (Wildman–Crippen LogP) is 1.63. The minimum Gasteiger partial charge on any atom is -0.480 e. The van der Waals surface area contributed by atoms with Gasteiger partial charge in [0.25, 0.3) is 0 Å². The summed E-state index contributed by atoms with van der Waals surface area (Å²) in [6.07, 6.45) is 1.79. The molecule has 0 aromatic heterocycles. The first-order valence-electron chi connectivity index (χ1n) is 6.59. The molecule has 6 heteroatoms. The van der Waals surface area contributed by atoms with Gasteiger partial charge in [-0.05, 0) is 37.0 Å². The van der Waals surface area contributed by atoms with E-state index < -0.39 is 12.0 Å². The van der Waals surface area contributed by atoms with Crippen molar-refractivity contribution in [3.8, 4) is 0 Å². The summed E-state index contributed by atoms with van der Waals surface area (Å²) in [6.45, 7) is 0.868. The third-order valence-corrected chi connectivity index (χ3v) is 3.40. The van der Waals surface area contributed by atoms with Crippen molar-refractivity contribution in [1.82, 2.24) is 10.2 Å². The Balaban J connectivity index is 1.80. The summed E-state index contributed by atoms with van der Waals surface area (Å²) in [4.78, 5) is 24.2. The topological polar surface area (TPSA) is 69.6 Å². The van der Waals surface area contributed by atoms with E-state index in [0.717, 1.165) is 5.56 Å². The van der Waals surface area contributed by atoms with E-state index in [1.807, 2.05) is 0 Å². The van der Waals surface area contributed by atoms with Crippen LogP contribution in [0.1, 0.15) is 18.4 Å². The lowest BCUT2D eigenvalue weighted by Crippen LogP contribution is -2.46. The third kappa shape index (κ3) is 3.46. The summed E-state index contributed by atoms with van der Waals surface area (Å²) >= 11 is 0. The number of amides is 2. The van der Waals surface area contributed by atoms with E-state index in [2.05, 4.69) is 5.32 Å². The van der Waals surface area contributed by atoms with Crippen LogP contribution >= 0.6 is 0 Å². The lowest BCUT2D eigenvalue weighted by Gasteiger charge is -2.21. The standard InChI is InChI=1S/C14H17FN2O3/c15-11-5-3-10(4-6-11)7-8-16-14(20)17-9-1-2-12(17)13(18)19/h3-6,12H,1-2,7-9H2,(H,16,20)(H,18,19)/t12-/m0/s1. The zero-order valence-electron chi connectivity index (χ0n) is 11.0. The van der Waals surface area contributed by atoms with Gasteiger partial charge in [0.1, 0.15) is 11.9 Å². The van der Waals surface area contributed by atoms with Crippen LogP contribution in [-0.4, -0.2) is 41.1 Å². The van der Waals surface area contributed by atoms with Crippen molar-refractivity contribution >= 4 is 12.0 Å². The first-order valence-corrected chi connectivity index (χ1v) is 6.59. The highest BCUT2D eigenvalue weighted by Gasteiger charge is 2.33. The van der Waals surface area contributed by atoms with Crippen LogP contribution in [0.15, 0.2) is 24.3 Å². The van der Waals surface area contributed by atoms with E-state index in [0.29, 0.717) is 32.4 Å².